The van der Waals surface area contributed by atoms with Crippen LogP contribution < -0.4 is 16.0 Å². The minimum absolute atomic E-state index is 0.0801. The molecule has 0 radical (unpaired) electrons. The number of hydrogen-bond acceptors (Lipinski definition) is 6. The van der Waals surface area contributed by atoms with Gasteiger partial charge in [0.25, 0.3) is 0 Å². The van der Waals surface area contributed by atoms with Crippen LogP contribution in [-0.2, 0) is 17.1 Å². The number of rotatable bonds is 5. The average Bonchev–Trinajstić information content (AvgIpc) is 2.84. The van der Waals surface area contributed by atoms with Crippen LogP contribution in [0.25, 0.3) is 0 Å². The van der Waals surface area contributed by atoms with Crippen molar-refractivity contribution in [3.63, 3.8) is 0 Å². The van der Waals surface area contributed by atoms with Gasteiger partial charge in [-0.1, -0.05) is 12.1 Å². The van der Waals surface area contributed by atoms with Gasteiger partial charge in [0.05, 0.1) is 11.7 Å². The Labute approximate surface area is 117 Å². The largest absolute Gasteiger partial charge is 0.323 e. The molecule has 1 aromatic carbocycles. The SMILES string of the molecule is CC(NS(=O)(=O)c1ccccc1NN)c1nncn1C. The highest BCUT2D eigenvalue weighted by molar-refractivity contribution is 7.89. The first-order valence-electron chi connectivity index (χ1n) is 5.87. The fraction of sp³-hybridized carbons (Fsp3) is 0.273. The summed E-state index contributed by atoms with van der Waals surface area (Å²) in [7, 11) is -1.97. The van der Waals surface area contributed by atoms with Gasteiger partial charge < -0.3 is 9.99 Å². The lowest BCUT2D eigenvalue weighted by Gasteiger charge is -2.15. The molecule has 1 unspecified atom stereocenters. The number of benzene rings is 1. The summed E-state index contributed by atoms with van der Waals surface area (Å²) in [5, 5.41) is 7.61. The second-order valence-corrected chi connectivity index (χ2v) is 5.97. The van der Waals surface area contributed by atoms with E-state index in [2.05, 4.69) is 20.3 Å². The standard InChI is InChI=1S/C11H16N6O2S/c1-8(11-15-13-7-17(11)2)16-20(18,19)10-6-4-3-5-9(10)14-12/h3-8,14,16H,12H2,1-2H3. The van der Waals surface area contributed by atoms with Crippen molar-refractivity contribution in [1.29, 1.82) is 0 Å². The molecule has 0 aliphatic rings. The van der Waals surface area contributed by atoms with E-state index in [1.54, 1.807) is 36.7 Å². The van der Waals surface area contributed by atoms with Gasteiger partial charge in [-0.25, -0.2) is 13.1 Å². The van der Waals surface area contributed by atoms with Crippen LogP contribution in [0.15, 0.2) is 35.5 Å². The monoisotopic (exact) mass is 296 g/mol. The molecule has 0 amide bonds. The van der Waals surface area contributed by atoms with Crippen molar-refractivity contribution < 1.29 is 8.42 Å². The lowest BCUT2D eigenvalue weighted by Crippen LogP contribution is -2.29. The maximum absolute atomic E-state index is 12.4. The quantitative estimate of drug-likeness (QED) is 0.534. The van der Waals surface area contributed by atoms with Gasteiger partial charge in [-0.2, -0.15) is 0 Å². The van der Waals surface area contributed by atoms with Crippen molar-refractivity contribution in [2.24, 2.45) is 12.9 Å². The Balaban J connectivity index is 2.30. The van der Waals surface area contributed by atoms with Crippen molar-refractivity contribution in [3.8, 4) is 0 Å². The van der Waals surface area contributed by atoms with Gasteiger partial charge in [-0.3, -0.25) is 5.84 Å². The predicted octanol–water partition coefficient (Wildman–Crippen LogP) is 0.140. The topological polar surface area (TPSA) is 115 Å². The summed E-state index contributed by atoms with van der Waals surface area (Å²) in [6, 6.07) is 5.86. The van der Waals surface area contributed by atoms with Gasteiger partial charge in [0.1, 0.15) is 17.0 Å². The lowest BCUT2D eigenvalue weighted by atomic mass is 10.3. The number of anilines is 1. The average molecular weight is 296 g/mol. The fourth-order valence-corrected chi connectivity index (χ4v) is 3.23. The molecule has 0 saturated carbocycles. The van der Waals surface area contributed by atoms with Gasteiger partial charge >= 0.3 is 0 Å². The highest BCUT2D eigenvalue weighted by Gasteiger charge is 2.23. The molecule has 1 heterocycles. The van der Waals surface area contributed by atoms with Crippen molar-refractivity contribution in [2.75, 3.05) is 5.43 Å². The Kier molecular flexibility index (Phi) is 4.02. The molecule has 4 N–H and O–H groups in total. The minimum atomic E-state index is -3.72. The van der Waals surface area contributed by atoms with Gasteiger partial charge in [0, 0.05) is 7.05 Å². The number of nitrogen functional groups attached to an aromatic ring is 1. The molecule has 1 atom stereocenters. The molecular formula is C11H16N6O2S. The molecule has 0 spiro atoms. The summed E-state index contributed by atoms with van der Waals surface area (Å²) in [6.07, 6.45) is 1.51. The summed E-state index contributed by atoms with van der Waals surface area (Å²) in [4.78, 5) is 0.0801. The number of nitrogens with one attached hydrogen (secondary N) is 2. The van der Waals surface area contributed by atoms with Crippen LogP contribution in [0.2, 0.25) is 0 Å². The minimum Gasteiger partial charge on any atom is -0.323 e. The molecule has 0 aliphatic carbocycles. The summed E-state index contributed by atoms with van der Waals surface area (Å²) in [6.45, 7) is 1.69. The highest BCUT2D eigenvalue weighted by Crippen LogP contribution is 2.21. The van der Waals surface area contributed by atoms with E-state index in [0.29, 0.717) is 11.5 Å². The van der Waals surface area contributed by atoms with Crippen molar-refractivity contribution in [2.45, 2.75) is 17.9 Å². The Morgan fingerprint density at radius 2 is 2.05 bits per heavy atom. The number of nitrogens with two attached hydrogens (primary N) is 1. The smallest absolute Gasteiger partial charge is 0.243 e. The van der Waals surface area contributed by atoms with Crippen LogP contribution in [0.1, 0.15) is 18.8 Å². The van der Waals surface area contributed by atoms with Crippen LogP contribution >= 0.6 is 0 Å². The zero-order valence-electron chi connectivity index (χ0n) is 11.1. The second-order valence-electron chi connectivity index (χ2n) is 4.28. The van der Waals surface area contributed by atoms with Gasteiger partial charge in [-0.05, 0) is 19.1 Å². The number of sulfonamides is 1. The molecule has 0 bridgehead atoms. The molecule has 20 heavy (non-hydrogen) atoms. The third-order valence-corrected chi connectivity index (χ3v) is 4.40. The summed E-state index contributed by atoms with van der Waals surface area (Å²) < 4.78 is 28.9. The van der Waals surface area contributed by atoms with Crippen LogP contribution in [0.4, 0.5) is 5.69 Å². The van der Waals surface area contributed by atoms with Crippen molar-refractivity contribution >= 4 is 15.7 Å². The number of nitrogens with zero attached hydrogens (tertiary/aromatic N) is 3. The van der Waals surface area contributed by atoms with Gasteiger partial charge in [0.15, 0.2) is 0 Å². The number of para-hydroxylation sites is 1. The highest BCUT2D eigenvalue weighted by atomic mass is 32.2. The number of hydrazine groups is 1. The zero-order valence-corrected chi connectivity index (χ0v) is 11.9. The normalized spacial score (nSPS) is 13.2. The first-order chi connectivity index (χ1) is 9.45. The number of hydrogen-bond donors (Lipinski definition) is 3. The molecule has 8 nitrogen and oxygen atoms in total. The summed E-state index contributed by atoms with van der Waals surface area (Å²) in [5.41, 5.74) is 2.69. The first-order valence-corrected chi connectivity index (χ1v) is 7.36. The van der Waals surface area contributed by atoms with E-state index < -0.39 is 16.1 Å². The zero-order chi connectivity index (χ0) is 14.8. The van der Waals surface area contributed by atoms with Gasteiger partial charge in [0.2, 0.25) is 10.0 Å². The molecular weight excluding hydrogens is 280 g/mol. The maximum atomic E-state index is 12.4. The van der Waals surface area contributed by atoms with E-state index in [-0.39, 0.29) is 4.90 Å². The molecule has 0 aliphatic heterocycles. The van der Waals surface area contributed by atoms with E-state index in [4.69, 9.17) is 5.84 Å². The molecule has 0 saturated heterocycles. The molecule has 108 valence electrons. The molecule has 2 rings (SSSR count). The van der Waals surface area contributed by atoms with E-state index >= 15 is 0 Å². The van der Waals surface area contributed by atoms with E-state index in [1.807, 2.05) is 0 Å². The van der Waals surface area contributed by atoms with Gasteiger partial charge in [-0.15, -0.1) is 10.2 Å². The van der Waals surface area contributed by atoms with Crippen molar-refractivity contribution in [1.82, 2.24) is 19.5 Å². The Bertz CT molecular complexity index is 696. The number of aromatic nitrogens is 3. The first kappa shape index (κ1) is 14.4. The van der Waals surface area contributed by atoms with Crippen LogP contribution in [0.5, 0.6) is 0 Å². The Hall–Kier alpha value is -1.97. The van der Waals surface area contributed by atoms with E-state index in [9.17, 15) is 8.42 Å². The predicted molar refractivity (Wildman–Crippen MR) is 74.0 cm³/mol. The third-order valence-electron chi connectivity index (χ3n) is 2.80. The fourth-order valence-electron chi connectivity index (χ4n) is 1.85. The van der Waals surface area contributed by atoms with Crippen LogP contribution in [-0.4, -0.2) is 23.2 Å². The van der Waals surface area contributed by atoms with Crippen LogP contribution in [0.3, 0.4) is 0 Å². The maximum Gasteiger partial charge on any atom is 0.243 e. The third kappa shape index (κ3) is 2.79. The molecule has 1 aromatic heterocycles. The number of aryl methyl sites for hydroxylation is 1. The van der Waals surface area contributed by atoms with Crippen LogP contribution in [0, 0.1) is 0 Å². The van der Waals surface area contributed by atoms with E-state index in [0.717, 1.165) is 0 Å². The Morgan fingerprint density at radius 3 is 2.65 bits per heavy atom. The summed E-state index contributed by atoms with van der Waals surface area (Å²) in [5.74, 6) is 5.85. The molecule has 2 aromatic rings. The Morgan fingerprint density at radius 1 is 1.35 bits per heavy atom. The lowest BCUT2D eigenvalue weighted by molar-refractivity contribution is 0.553. The molecule has 0 fully saturated rings. The van der Waals surface area contributed by atoms with E-state index in [1.165, 1.54) is 12.4 Å². The molecule has 9 heteroatoms. The summed E-state index contributed by atoms with van der Waals surface area (Å²) >= 11 is 0. The second kappa shape index (κ2) is 5.57. The van der Waals surface area contributed by atoms with Crippen molar-refractivity contribution in [3.05, 3.63) is 36.4 Å².